The smallest absolute Gasteiger partial charge is 0.318 e. The molecule has 0 amide bonds. The molecular weight excluding hydrogens is 244 g/mol. The van der Waals surface area contributed by atoms with Crippen molar-refractivity contribution in [2.75, 3.05) is 26.9 Å². The third-order valence-electron chi connectivity index (χ3n) is 3.42. The summed E-state index contributed by atoms with van der Waals surface area (Å²) in [7, 11) is 1.57. The first kappa shape index (κ1) is 12.4. The Morgan fingerprint density at radius 3 is 3.16 bits per heavy atom. The lowest BCUT2D eigenvalue weighted by molar-refractivity contribution is 0.132. The zero-order valence-corrected chi connectivity index (χ0v) is 11.2. The van der Waals surface area contributed by atoms with Gasteiger partial charge in [-0.25, -0.2) is 0 Å². The first-order valence-corrected chi connectivity index (χ1v) is 6.50. The predicted molar refractivity (Wildman–Crippen MR) is 71.4 cm³/mol. The molecule has 1 aliphatic heterocycles. The van der Waals surface area contributed by atoms with E-state index >= 15 is 0 Å². The number of aromatic amines is 1. The molecule has 1 saturated heterocycles. The Morgan fingerprint density at radius 1 is 1.42 bits per heavy atom. The molecule has 0 saturated carbocycles. The van der Waals surface area contributed by atoms with Crippen LogP contribution in [0.1, 0.15) is 23.7 Å². The maximum absolute atomic E-state index is 5.62. The molecule has 2 aromatic rings. The van der Waals surface area contributed by atoms with E-state index < -0.39 is 0 Å². The molecule has 0 radical (unpaired) electrons. The van der Waals surface area contributed by atoms with Crippen molar-refractivity contribution in [1.29, 1.82) is 0 Å². The van der Waals surface area contributed by atoms with Gasteiger partial charge in [-0.2, -0.15) is 9.97 Å². The summed E-state index contributed by atoms with van der Waals surface area (Å²) in [5, 5.41) is 4.56. The maximum Gasteiger partial charge on any atom is 0.318 e. The molecule has 102 valence electrons. The Bertz CT molecular complexity index is 573. The minimum absolute atomic E-state index is 0.187. The summed E-state index contributed by atoms with van der Waals surface area (Å²) in [5.41, 5.74) is 2.89. The lowest BCUT2D eigenvalue weighted by Crippen LogP contribution is -2.23. The number of methoxy groups -OCH3 is 1. The minimum atomic E-state index is 0.187. The second-order valence-corrected chi connectivity index (χ2v) is 4.70. The molecule has 19 heavy (non-hydrogen) atoms. The summed E-state index contributed by atoms with van der Waals surface area (Å²) in [5.74, 6) is 0. The third-order valence-corrected chi connectivity index (χ3v) is 3.42. The molecule has 3 rings (SSSR count). The number of nitrogens with one attached hydrogen (secondary N) is 2. The Kier molecular flexibility index (Phi) is 3.35. The molecule has 2 N–H and O–H groups in total. The molecule has 1 unspecified atom stereocenters. The number of H-pyrrole nitrogens is 1. The van der Waals surface area contributed by atoms with Crippen molar-refractivity contribution in [1.82, 2.24) is 20.3 Å². The Balaban J connectivity index is 2.04. The molecule has 6 nitrogen and oxygen atoms in total. The average molecular weight is 262 g/mol. The number of hydrogen-bond acceptors (Lipinski definition) is 5. The molecule has 6 heteroatoms. The highest BCUT2D eigenvalue weighted by Gasteiger charge is 2.20. The number of aryl methyl sites for hydroxylation is 1. The summed E-state index contributed by atoms with van der Waals surface area (Å²) in [6, 6.07) is 0.579. The normalized spacial score (nSPS) is 20.4. The van der Waals surface area contributed by atoms with Gasteiger partial charge in [0.05, 0.1) is 25.5 Å². The molecule has 1 atom stereocenters. The van der Waals surface area contributed by atoms with Gasteiger partial charge in [0.1, 0.15) is 5.65 Å². The van der Waals surface area contributed by atoms with Crippen LogP contribution in [0.3, 0.4) is 0 Å². The van der Waals surface area contributed by atoms with Crippen LogP contribution in [0.25, 0.3) is 11.0 Å². The van der Waals surface area contributed by atoms with Crippen molar-refractivity contribution in [2.45, 2.75) is 19.4 Å². The molecule has 2 aromatic heterocycles. The molecule has 0 bridgehead atoms. The van der Waals surface area contributed by atoms with Crippen molar-refractivity contribution in [3.63, 3.8) is 0 Å². The van der Waals surface area contributed by atoms with Crippen LogP contribution in [-0.4, -0.2) is 41.8 Å². The van der Waals surface area contributed by atoms with Crippen LogP contribution in [0.4, 0.5) is 0 Å². The fourth-order valence-corrected chi connectivity index (χ4v) is 2.49. The van der Waals surface area contributed by atoms with E-state index in [9.17, 15) is 0 Å². The van der Waals surface area contributed by atoms with E-state index in [1.165, 1.54) is 0 Å². The average Bonchev–Trinajstić information content (AvgIpc) is 2.67. The minimum Gasteiger partial charge on any atom is -0.467 e. The third kappa shape index (κ3) is 2.29. The van der Waals surface area contributed by atoms with Crippen LogP contribution in [0.15, 0.2) is 6.20 Å². The summed E-state index contributed by atoms with van der Waals surface area (Å²) in [6.07, 6.45) is 3.03. The summed E-state index contributed by atoms with van der Waals surface area (Å²) < 4.78 is 10.7. The number of aromatic nitrogens is 3. The van der Waals surface area contributed by atoms with Crippen molar-refractivity contribution >= 4 is 11.0 Å². The Labute approximate surface area is 111 Å². The molecule has 3 heterocycles. The second-order valence-electron chi connectivity index (χ2n) is 4.70. The van der Waals surface area contributed by atoms with Gasteiger partial charge in [0, 0.05) is 23.8 Å². The molecule has 1 aliphatic rings. The van der Waals surface area contributed by atoms with E-state index in [4.69, 9.17) is 9.47 Å². The van der Waals surface area contributed by atoms with Crippen LogP contribution in [-0.2, 0) is 4.74 Å². The van der Waals surface area contributed by atoms with Gasteiger partial charge in [0.25, 0.3) is 0 Å². The van der Waals surface area contributed by atoms with Crippen molar-refractivity contribution in [3.05, 3.63) is 17.5 Å². The second kappa shape index (κ2) is 5.14. The fourth-order valence-electron chi connectivity index (χ4n) is 2.49. The fraction of sp³-hybridized carbons (Fsp3) is 0.538. The number of rotatable bonds is 2. The summed E-state index contributed by atoms with van der Waals surface area (Å²) >= 11 is 0. The lowest BCUT2D eigenvalue weighted by Gasteiger charge is -2.15. The number of nitrogens with zero attached hydrogens (tertiary/aromatic N) is 2. The van der Waals surface area contributed by atoms with E-state index in [2.05, 4.69) is 20.3 Å². The summed E-state index contributed by atoms with van der Waals surface area (Å²) in [6.45, 7) is 4.43. The van der Waals surface area contributed by atoms with Crippen LogP contribution in [0.5, 0.6) is 6.01 Å². The standard InChI is InChI=1S/C13H18N4O2/c1-8-11-9(10-7-19-5-3-4-14-10)6-15-12(11)17-13(16-8)18-2/h6,10,14H,3-5,7H2,1-2H3,(H,15,16,17). The SMILES string of the molecule is COc1nc(C)c2c(C3COCCCN3)c[nH]c2n1. The van der Waals surface area contributed by atoms with Gasteiger partial charge in [-0.15, -0.1) is 0 Å². The highest BCUT2D eigenvalue weighted by molar-refractivity contribution is 5.83. The number of ether oxygens (including phenoxy) is 2. The zero-order valence-electron chi connectivity index (χ0n) is 11.2. The van der Waals surface area contributed by atoms with Crippen LogP contribution in [0.2, 0.25) is 0 Å². The highest BCUT2D eigenvalue weighted by atomic mass is 16.5. The quantitative estimate of drug-likeness (QED) is 0.854. The Hall–Kier alpha value is -1.66. The molecule has 0 spiro atoms. The van der Waals surface area contributed by atoms with Crippen molar-refractivity contribution in [2.24, 2.45) is 0 Å². The van der Waals surface area contributed by atoms with Gasteiger partial charge in [-0.3, -0.25) is 0 Å². The van der Waals surface area contributed by atoms with E-state index in [-0.39, 0.29) is 6.04 Å². The first-order valence-electron chi connectivity index (χ1n) is 6.50. The van der Waals surface area contributed by atoms with Gasteiger partial charge in [0.2, 0.25) is 0 Å². The van der Waals surface area contributed by atoms with Crippen molar-refractivity contribution < 1.29 is 9.47 Å². The zero-order chi connectivity index (χ0) is 13.2. The van der Waals surface area contributed by atoms with Crippen LogP contribution < -0.4 is 10.1 Å². The van der Waals surface area contributed by atoms with E-state index in [1.54, 1.807) is 7.11 Å². The topological polar surface area (TPSA) is 72.1 Å². The maximum atomic E-state index is 5.62. The first-order chi connectivity index (χ1) is 9.29. The molecular formula is C13H18N4O2. The van der Waals surface area contributed by atoms with E-state index in [1.807, 2.05) is 13.1 Å². The highest BCUT2D eigenvalue weighted by Crippen LogP contribution is 2.27. The molecule has 0 aliphatic carbocycles. The van der Waals surface area contributed by atoms with E-state index in [0.717, 1.165) is 41.9 Å². The number of fused-ring (bicyclic) bond motifs is 1. The van der Waals surface area contributed by atoms with Crippen LogP contribution in [0, 0.1) is 6.92 Å². The lowest BCUT2D eigenvalue weighted by atomic mass is 10.1. The number of hydrogen-bond donors (Lipinski definition) is 2. The molecule has 0 aromatic carbocycles. The monoisotopic (exact) mass is 262 g/mol. The predicted octanol–water partition coefficient (Wildman–Crippen LogP) is 1.33. The van der Waals surface area contributed by atoms with Gasteiger partial charge in [0.15, 0.2) is 0 Å². The van der Waals surface area contributed by atoms with E-state index in [0.29, 0.717) is 12.6 Å². The van der Waals surface area contributed by atoms with Gasteiger partial charge < -0.3 is 19.8 Å². The largest absolute Gasteiger partial charge is 0.467 e. The van der Waals surface area contributed by atoms with Gasteiger partial charge >= 0.3 is 6.01 Å². The Morgan fingerprint density at radius 2 is 2.32 bits per heavy atom. The van der Waals surface area contributed by atoms with Crippen molar-refractivity contribution in [3.8, 4) is 6.01 Å². The van der Waals surface area contributed by atoms with Gasteiger partial charge in [-0.1, -0.05) is 0 Å². The van der Waals surface area contributed by atoms with Crippen LogP contribution >= 0.6 is 0 Å². The summed E-state index contributed by atoms with van der Waals surface area (Å²) in [4.78, 5) is 11.9. The van der Waals surface area contributed by atoms with Gasteiger partial charge in [-0.05, 0) is 19.9 Å². The molecule has 1 fully saturated rings.